The number of aromatic nitrogens is 2. The van der Waals surface area contributed by atoms with Crippen molar-refractivity contribution in [2.45, 2.75) is 0 Å². The summed E-state index contributed by atoms with van der Waals surface area (Å²) in [5.74, 6) is -0.0565. The van der Waals surface area contributed by atoms with Crippen molar-refractivity contribution < 1.29 is 4.79 Å². The van der Waals surface area contributed by atoms with E-state index < -0.39 is 0 Å². The standard InChI is InChI=1S/C17H12N2O/c20-17(14-4-3-10-18-12-14)8-7-13-9-11-19-16-6-2-1-5-15(13)16/h1-12H. The Morgan fingerprint density at radius 1 is 1.00 bits per heavy atom. The van der Waals surface area contributed by atoms with E-state index in [1.165, 1.54) is 0 Å². The van der Waals surface area contributed by atoms with Crippen molar-refractivity contribution in [3.8, 4) is 0 Å². The van der Waals surface area contributed by atoms with Crippen LogP contribution in [0.3, 0.4) is 0 Å². The summed E-state index contributed by atoms with van der Waals surface area (Å²) in [4.78, 5) is 20.3. The minimum absolute atomic E-state index is 0.0565. The Bertz CT molecular complexity index is 774. The Kier molecular flexibility index (Phi) is 3.33. The Balaban J connectivity index is 1.94. The van der Waals surface area contributed by atoms with E-state index in [-0.39, 0.29) is 5.78 Å². The van der Waals surface area contributed by atoms with Gasteiger partial charge >= 0.3 is 0 Å². The van der Waals surface area contributed by atoms with E-state index in [2.05, 4.69) is 9.97 Å². The van der Waals surface area contributed by atoms with Crippen LogP contribution in [-0.2, 0) is 0 Å². The van der Waals surface area contributed by atoms with E-state index in [9.17, 15) is 4.79 Å². The maximum Gasteiger partial charge on any atom is 0.187 e. The number of benzene rings is 1. The van der Waals surface area contributed by atoms with Crippen molar-refractivity contribution in [1.29, 1.82) is 0 Å². The number of para-hydroxylation sites is 1. The van der Waals surface area contributed by atoms with Crippen LogP contribution in [0.1, 0.15) is 15.9 Å². The quantitative estimate of drug-likeness (QED) is 0.534. The van der Waals surface area contributed by atoms with Crippen LogP contribution >= 0.6 is 0 Å². The van der Waals surface area contributed by atoms with Crippen molar-refractivity contribution >= 4 is 22.8 Å². The molecule has 20 heavy (non-hydrogen) atoms. The maximum atomic E-state index is 12.0. The number of ketones is 1. The predicted molar refractivity (Wildman–Crippen MR) is 79.3 cm³/mol. The largest absolute Gasteiger partial charge is 0.289 e. The molecule has 0 aliphatic carbocycles. The molecule has 0 saturated heterocycles. The molecule has 0 aliphatic rings. The van der Waals surface area contributed by atoms with Gasteiger partial charge in [0.15, 0.2) is 5.78 Å². The van der Waals surface area contributed by atoms with Gasteiger partial charge in [0.25, 0.3) is 0 Å². The summed E-state index contributed by atoms with van der Waals surface area (Å²) >= 11 is 0. The molecule has 2 aromatic heterocycles. The van der Waals surface area contributed by atoms with E-state index in [0.29, 0.717) is 5.56 Å². The fourth-order valence-corrected chi connectivity index (χ4v) is 2.03. The van der Waals surface area contributed by atoms with E-state index in [1.54, 1.807) is 36.8 Å². The van der Waals surface area contributed by atoms with E-state index in [4.69, 9.17) is 0 Å². The van der Waals surface area contributed by atoms with Crippen LogP contribution in [0.4, 0.5) is 0 Å². The molecule has 2 heterocycles. The zero-order chi connectivity index (χ0) is 13.8. The molecular formula is C17H12N2O. The molecule has 0 unspecified atom stereocenters. The summed E-state index contributed by atoms with van der Waals surface area (Å²) in [7, 11) is 0. The molecule has 3 heteroatoms. The molecule has 1 aromatic carbocycles. The summed E-state index contributed by atoms with van der Waals surface area (Å²) in [6, 6.07) is 13.3. The fourth-order valence-electron chi connectivity index (χ4n) is 2.03. The van der Waals surface area contributed by atoms with Crippen LogP contribution < -0.4 is 0 Å². The summed E-state index contributed by atoms with van der Waals surface area (Å²) in [5, 5.41) is 1.03. The van der Waals surface area contributed by atoms with E-state index in [1.807, 2.05) is 36.4 Å². The number of hydrogen-bond donors (Lipinski definition) is 0. The van der Waals surface area contributed by atoms with Gasteiger partial charge in [-0.15, -0.1) is 0 Å². The Morgan fingerprint density at radius 3 is 2.75 bits per heavy atom. The van der Waals surface area contributed by atoms with Crippen molar-refractivity contribution in [1.82, 2.24) is 9.97 Å². The summed E-state index contributed by atoms with van der Waals surface area (Å²) in [5.41, 5.74) is 2.48. The van der Waals surface area contributed by atoms with Gasteiger partial charge in [-0.3, -0.25) is 14.8 Å². The van der Waals surface area contributed by atoms with Gasteiger partial charge in [0.1, 0.15) is 0 Å². The predicted octanol–water partition coefficient (Wildman–Crippen LogP) is 3.53. The van der Waals surface area contributed by atoms with Crippen LogP contribution in [0.15, 0.2) is 67.1 Å². The molecule has 3 nitrogen and oxygen atoms in total. The number of carbonyl (C=O) groups is 1. The lowest BCUT2D eigenvalue weighted by Gasteiger charge is -2.00. The zero-order valence-electron chi connectivity index (χ0n) is 10.7. The number of fused-ring (bicyclic) bond motifs is 1. The number of hydrogen-bond acceptors (Lipinski definition) is 3. The average Bonchev–Trinajstić information content (AvgIpc) is 2.53. The van der Waals surface area contributed by atoms with Crippen LogP contribution in [0.25, 0.3) is 17.0 Å². The van der Waals surface area contributed by atoms with Gasteiger partial charge in [0, 0.05) is 29.5 Å². The highest BCUT2D eigenvalue weighted by Crippen LogP contribution is 2.17. The molecule has 96 valence electrons. The molecule has 3 rings (SSSR count). The van der Waals surface area contributed by atoms with Crippen molar-refractivity contribution in [3.05, 3.63) is 78.3 Å². The first-order valence-corrected chi connectivity index (χ1v) is 6.31. The van der Waals surface area contributed by atoms with E-state index in [0.717, 1.165) is 16.5 Å². The maximum absolute atomic E-state index is 12.0. The Labute approximate surface area is 116 Å². The molecule has 0 fully saturated rings. The highest BCUT2D eigenvalue weighted by Gasteiger charge is 2.02. The molecule has 0 spiro atoms. The summed E-state index contributed by atoms with van der Waals surface area (Å²) in [6.45, 7) is 0. The molecule has 0 aliphatic heterocycles. The van der Waals surface area contributed by atoms with Gasteiger partial charge in [0.2, 0.25) is 0 Å². The first kappa shape index (κ1) is 12.2. The highest BCUT2D eigenvalue weighted by atomic mass is 16.1. The minimum Gasteiger partial charge on any atom is -0.289 e. The third kappa shape index (κ3) is 2.47. The second-order valence-electron chi connectivity index (χ2n) is 4.36. The molecule has 0 bridgehead atoms. The van der Waals surface area contributed by atoms with Gasteiger partial charge in [0.05, 0.1) is 5.52 Å². The lowest BCUT2D eigenvalue weighted by molar-refractivity contribution is 0.104. The van der Waals surface area contributed by atoms with Crippen LogP contribution in [0.5, 0.6) is 0 Å². The van der Waals surface area contributed by atoms with Gasteiger partial charge in [-0.25, -0.2) is 0 Å². The fraction of sp³-hybridized carbons (Fsp3) is 0. The Morgan fingerprint density at radius 2 is 1.90 bits per heavy atom. The molecule has 3 aromatic rings. The van der Waals surface area contributed by atoms with Gasteiger partial charge in [-0.2, -0.15) is 0 Å². The van der Waals surface area contributed by atoms with Crippen molar-refractivity contribution in [2.24, 2.45) is 0 Å². The SMILES string of the molecule is O=C(C=Cc1ccnc2ccccc12)c1cccnc1. The van der Waals surface area contributed by atoms with Crippen LogP contribution in [-0.4, -0.2) is 15.8 Å². The van der Waals surface area contributed by atoms with Crippen LogP contribution in [0, 0.1) is 0 Å². The third-order valence-corrected chi connectivity index (χ3v) is 3.04. The number of rotatable bonds is 3. The minimum atomic E-state index is -0.0565. The topological polar surface area (TPSA) is 42.9 Å². The smallest absolute Gasteiger partial charge is 0.187 e. The normalized spacial score (nSPS) is 11.0. The molecule has 0 N–H and O–H groups in total. The second kappa shape index (κ2) is 5.45. The third-order valence-electron chi connectivity index (χ3n) is 3.04. The Hall–Kier alpha value is -2.81. The van der Waals surface area contributed by atoms with Crippen LogP contribution in [0.2, 0.25) is 0 Å². The average molecular weight is 260 g/mol. The number of pyridine rings is 2. The number of allylic oxidation sites excluding steroid dienone is 1. The molecule has 0 saturated carbocycles. The second-order valence-corrected chi connectivity index (χ2v) is 4.36. The van der Waals surface area contributed by atoms with Gasteiger partial charge in [-0.05, 0) is 35.9 Å². The van der Waals surface area contributed by atoms with Gasteiger partial charge in [-0.1, -0.05) is 24.3 Å². The zero-order valence-corrected chi connectivity index (χ0v) is 10.7. The lowest BCUT2D eigenvalue weighted by Crippen LogP contribution is -1.94. The van der Waals surface area contributed by atoms with Crippen molar-refractivity contribution in [2.75, 3.05) is 0 Å². The molecule has 0 amide bonds. The summed E-state index contributed by atoms with van der Waals surface area (Å²) in [6.07, 6.45) is 8.35. The first-order chi connectivity index (χ1) is 9.84. The first-order valence-electron chi connectivity index (χ1n) is 6.31. The molecular weight excluding hydrogens is 248 g/mol. The van der Waals surface area contributed by atoms with E-state index >= 15 is 0 Å². The summed E-state index contributed by atoms with van der Waals surface area (Å²) < 4.78 is 0. The number of nitrogens with zero attached hydrogens (tertiary/aromatic N) is 2. The lowest BCUT2D eigenvalue weighted by atomic mass is 10.1. The monoisotopic (exact) mass is 260 g/mol. The van der Waals surface area contributed by atoms with Crippen molar-refractivity contribution in [3.63, 3.8) is 0 Å². The molecule has 0 atom stereocenters. The number of carbonyl (C=O) groups excluding carboxylic acids is 1. The highest BCUT2D eigenvalue weighted by molar-refractivity contribution is 6.07. The van der Waals surface area contributed by atoms with Gasteiger partial charge < -0.3 is 0 Å². The molecule has 0 radical (unpaired) electrons.